The third-order valence-electron chi connectivity index (χ3n) is 4.11. The molecule has 3 rings (SSSR count). The van der Waals surface area contributed by atoms with Gasteiger partial charge in [0.15, 0.2) is 0 Å². The van der Waals surface area contributed by atoms with E-state index in [1.165, 1.54) is 23.8 Å². The molecule has 0 atom stereocenters. The number of nitrogens with one attached hydrogen (secondary N) is 1. The van der Waals surface area contributed by atoms with E-state index in [0.717, 1.165) is 16.9 Å². The summed E-state index contributed by atoms with van der Waals surface area (Å²) in [5.74, 6) is -1.19. The van der Waals surface area contributed by atoms with Crippen molar-refractivity contribution in [1.82, 2.24) is 9.97 Å². The number of thiophene rings is 1. The van der Waals surface area contributed by atoms with Gasteiger partial charge in [0.1, 0.15) is 11.2 Å². The number of aromatic carboxylic acids is 1. The maximum absolute atomic E-state index is 13.1. The molecular formula is C19H19N3O4S2. The summed E-state index contributed by atoms with van der Waals surface area (Å²) in [6.07, 6.45) is 4.45. The highest BCUT2D eigenvalue weighted by Gasteiger charge is 2.25. The maximum atomic E-state index is 13.1. The second-order valence-electron chi connectivity index (χ2n) is 7.16. The maximum Gasteiger partial charge on any atom is 0.348 e. The molecule has 2 heterocycles. The number of hydrogen-bond acceptors (Lipinski definition) is 6. The van der Waals surface area contributed by atoms with E-state index in [9.17, 15) is 18.3 Å². The van der Waals surface area contributed by atoms with Gasteiger partial charge in [0.25, 0.3) is 10.0 Å². The Labute approximate surface area is 167 Å². The predicted molar refractivity (Wildman–Crippen MR) is 108 cm³/mol. The molecule has 0 saturated carbocycles. The first-order chi connectivity index (χ1) is 13.1. The highest BCUT2D eigenvalue weighted by Crippen LogP contribution is 2.34. The van der Waals surface area contributed by atoms with Gasteiger partial charge in [0.2, 0.25) is 0 Å². The molecule has 9 heteroatoms. The lowest BCUT2D eigenvalue weighted by molar-refractivity contribution is 0.0703. The zero-order chi connectivity index (χ0) is 20.5. The van der Waals surface area contributed by atoms with Crippen LogP contribution in [0.15, 0.2) is 53.3 Å². The van der Waals surface area contributed by atoms with Crippen molar-refractivity contribution in [2.75, 3.05) is 4.72 Å². The second-order valence-corrected chi connectivity index (χ2v) is 9.73. The van der Waals surface area contributed by atoms with Crippen LogP contribution >= 0.6 is 11.3 Å². The van der Waals surface area contributed by atoms with Crippen LogP contribution in [0.3, 0.4) is 0 Å². The summed E-state index contributed by atoms with van der Waals surface area (Å²) < 4.78 is 28.6. The van der Waals surface area contributed by atoms with Gasteiger partial charge in [-0.1, -0.05) is 26.8 Å². The van der Waals surface area contributed by atoms with Crippen molar-refractivity contribution in [3.05, 3.63) is 58.8 Å². The van der Waals surface area contributed by atoms with E-state index >= 15 is 0 Å². The molecule has 0 unspecified atom stereocenters. The molecular weight excluding hydrogens is 398 g/mol. The number of hydrogen-bond donors (Lipinski definition) is 2. The number of nitrogens with zero attached hydrogens (tertiary/aromatic N) is 2. The number of sulfonamides is 1. The van der Waals surface area contributed by atoms with E-state index in [4.69, 9.17) is 0 Å². The van der Waals surface area contributed by atoms with Crippen molar-refractivity contribution < 1.29 is 18.3 Å². The van der Waals surface area contributed by atoms with Crippen molar-refractivity contribution in [3.8, 4) is 11.1 Å². The first kappa shape index (κ1) is 20.0. The van der Waals surface area contributed by atoms with Gasteiger partial charge in [-0.3, -0.25) is 4.72 Å². The number of aromatic nitrogens is 2. The van der Waals surface area contributed by atoms with Crippen LogP contribution in [0.25, 0.3) is 11.1 Å². The monoisotopic (exact) mass is 417 g/mol. The molecule has 28 heavy (non-hydrogen) atoms. The summed E-state index contributed by atoms with van der Waals surface area (Å²) in [4.78, 5) is 19.2. The molecule has 7 nitrogen and oxygen atoms in total. The fraction of sp³-hybridized carbons (Fsp3) is 0.211. The first-order valence-corrected chi connectivity index (χ1v) is 10.7. The molecule has 0 amide bonds. The van der Waals surface area contributed by atoms with E-state index in [-0.39, 0.29) is 20.9 Å². The Balaban J connectivity index is 2.14. The number of benzene rings is 1. The van der Waals surface area contributed by atoms with Crippen molar-refractivity contribution in [2.45, 2.75) is 31.1 Å². The van der Waals surface area contributed by atoms with Crippen LogP contribution in [0.2, 0.25) is 0 Å². The van der Waals surface area contributed by atoms with Crippen LogP contribution in [0.1, 0.15) is 36.0 Å². The Morgan fingerprint density at radius 1 is 1.14 bits per heavy atom. The standard InChI is InChI=1S/C19H19N3O4S2/c1-19(2,3)13-4-5-16(14(8-13)12-9-20-11-21-10-12)28(25,26)22-15-6-7-27-17(15)18(23)24/h4-11,22H,1-3H3,(H,23,24). The normalized spacial score (nSPS) is 12.0. The number of carbonyl (C=O) groups is 1. The van der Waals surface area contributed by atoms with Crippen LogP contribution in [0.4, 0.5) is 5.69 Å². The zero-order valence-electron chi connectivity index (χ0n) is 15.5. The Kier molecular flexibility index (Phi) is 5.22. The van der Waals surface area contributed by atoms with E-state index in [2.05, 4.69) is 14.7 Å². The summed E-state index contributed by atoms with van der Waals surface area (Å²) >= 11 is 0.953. The molecule has 0 aliphatic heterocycles. The predicted octanol–water partition coefficient (Wildman–Crippen LogP) is 4.00. The number of rotatable bonds is 5. The molecule has 1 aromatic carbocycles. The summed E-state index contributed by atoms with van der Waals surface area (Å²) in [6, 6.07) is 6.52. The molecule has 0 bridgehead atoms. The van der Waals surface area contributed by atoms with Crippen molar-refractivity contribution >= 4 is 33.0 Å². The van der Waals surface area contributed by atoms with Crippen molar-refractivity contribution in [3.63, 3.8) is 0 Å². The van der Waals surface area contributed by atoms with Gasteiger partial charge in [0.05, 0.1) is 10.6 Å². The van der Waals surface area contributed by atoms with E-state index in [0.29, 0.717) is 11.1 Å². The molecule has 2 N–H and O–H groups in total. The smallest absolute Gasteiger partial charge is 0.348 e. The Morgan fingerprint density at radius 3 is 2.43 bits per heavy atom. The number of carboxylic acid groups (broad SMARTS) is 1. The lowest BCUT2D eigenvalue weighted by Crippen LogP contribution is -2.17. The van der Waals surface area contributed by atoms with Gasteiger partial charge in [-0.2, -0.15) is 0 Å². The van der Waals surface area contributed by atoms with Crippen molar-refractivity contribution in [2.24, 2.45) is 0 Å². The lowest BCUT2D eigenvalue weighted by Gasteiger charge is -2.21. The van der Waals surface area contributed by atoms with Crippen LogP contribution in [-0.4, -0.2) is 29.5 Å². The molecule has 3 aromatic rings. The molecule has 0 aliphatic rings. The molecule has 0 saturated heterocycles. The third-order valence-corrected chi connectivity index (χ3v) is 6.44. The molecule has 0 aliphatic carbocycles. The van der Waals surface area contributed by atoms with Crippen LogP contribution in [-0.2, 0) is 15.4 Å². The van der Waals surface area contributed by atoms with Gasteiger partial charge < -0.3 is 5.11 Å². The summed E-state index contributed by atoms with van der Waals surface area (Å²) in [5, 5.41) is 10.8. The van der Waals surface area contributed by atoms with Gasteiger partial charge in [-0.15, -0.1) is 11.3 Å². The third kappa shape index (κ3) is 4.05. The largest absolute Gasteiger partial charge is 0.477 e. The SMILES string of the molecule is CC(C)(C)c1ccc(S(=O)(=O)Nc2ccsc2C(=O)O)c(-c2cncnc2)c1. The Morgan fingerprint density at radius 2 is 1.82 bits per heavy atom. The average Bonchev–Trinajstić information content (AvgIpc) is 3.09. The second kappa shape index (κ2) is 7.33. The van der Waals surface area contributed by atoms with Gasteiger partial charge in [-0.25, -0.2) is 23.2 Å². The minimum atomic E-state index is -4.04. The summed E-state index contributed by atoms with van der Waals surface area (Å²) in [5.41, 5.74) is 1.80. The highest BCUT2D eigenvalue weighted by atomic mass is 32.2. The minimum absolute atomic E-state index is 0.0258. The summed E-state index contributed by atoms with van der Waals surface area (Å²) in [6.45, 7) is 6.10. The van der Waals surface area contributed by atoms with Crippen LogP contribution in [0, 0.1) is 0 Å². The zero-order valence-corrected chi connectivity index (χ0v) is 17.1. The fourth-order valence-electron chi connectivity index (χ4n) is 2.65. The Bertz CT molecular complexity index is 1120. The molecule has 0 spiro atoms. The first-order valence-electron chi connectivity index (χ1n) is 8.33. The Hall–Kier alpha value is -2.78. The lowest BCUT2D eigenvalue weighted by atomic mass is 9.85. The number of anilines is 1. The summed E-state index contributed by atoms with van der Waals surface area (Å²) in [7, 11) is -4.04. The number of carboxylic acids is 1. The van der Waals surface area contributed by atoms with Crippen molar-refractivity contribution in [1.29, 1.82) is 0 Å². The molecule has 0 radical (unpaired) electrons. The van der Waals surface area contributed by atoms with Crippen LogP contribution in [0.5, 0.6) is 0 Å². The van der Waals surface area contributed by atoms with Gasteiger partial charge in [-0.05, 0) is 34.6 Å². The molecule has 146 valence electrons. The topological polar surface area (TPSA) is 109 Å². The van der Waals surface area contributed by atoms with E-state index < -0.39 is 16.0 Å². The van der Waals surface area contributed by atoms with E-state index in [1.807, 2.05) is 20.8 Å². The van der Waals surface area contributed by atoms with E-state index in [1.54, 1.807) is 24.5 Å². The highest BCUT2D eigenvalue weighted by molar-refractivity contribution is 7.92. The van der Waals surface area contributed by atoms with Crippen LogP contribution < -0.4 is 4.72 Å². The average molecular weight is 418 g/mol. The van der Waals surface area contributed by atoms with Gasteiger partial charge >= 0.3 is 5.97 Å². The minimum Gasteiger partial charge on any atom is -0.477 e. The molecule has 2 aromatic heterocycles. The van der Waals surface area contributed by atoms with Gasteiger partial charge in [0, 0.05) is 23.5 Å². The quantitative estimate of drug-likeness (QED) is 0.649. The fourth-order valence-corrected chi connectivity index (χ4v) is 4.68. The molecule has 0 fully saturated rings.